The summed E-state index contributed by atoms with van der Waals surface area (Å²) in [6.45, 7) is 0. The molecule has 0 aliphatic heterocycles. The van der Waals surface area contributed by atoms with Crippen molar-refractivity contribution in [1.82, 2.24) is 20.3 Å². The zero-order valence-electron chi connectivity index (χ0n) is 11.2. The van der Waals surface area contributed by atoms with Crippen LogP contribution in [0.1, 0.15) is 0 Å². The van der Waals surface area contributed by atoms with Crippen molar-refractivity contribution in [3.63, 3.8) is 0 Å². The predicted molar refractivity (Wildman–Crippen MR) is 89.2 cm³/mol. The van der Waals surface area contributed by atoms with Crippen LogP contribution in [-0.2, 0) is 0 Å². The van der Waals surface area contributed by atoms with Crippen LogP contribution in [0, 0.1) is 0 Å². The number of hydrogen-bond acceptors (Lipinski definition) is 3. The fourth-order valence-corrected chi connectivity index (χ4v) is 2.12. The second-order valence-electron chi connectivity index (χ2n) is 4.37. The maximum Gasteiger partial charge on any atom is 0.170 e. The van der Waals surface area contributed by atoms with E-state index in [2.05, 4.69) is 20.8 Å². The number of hydrogen-bond donors (Lipinski definition) is 2. The number of benzene rings is 2. The van der Waals surface area contributed by atoms with Crippen LogP contribution in [0.15, 0.2) is 42.5 Å². The van der Waals surface area contributed by atoms with Crippen LogP contribution in [0.4, 0.5) is 5.69 Å². The molecule has 0 unspecified atom stereocenters. The molecule has 0 atom stereocenters. The highest BCUT2D eigenvalue weighted by Crippen LogP contribution is 2.18. The molecule has 7 heteroatoms. The highest BCUT2D eigenvalue weighted by Gasteiger charge is 2.06. The lowest BCUT2D eigenvalue weighted by Gasteiger charge is -2.05. The molecule has 0 radical (unpaired) electrons. The van der Waals surface area contributed by atoms with E-state index in [1.54, 1.807) is 11.8 Å². The molecule has 0 saturated heterocycles. The summed E-state index contributed by atoms with van der Waals surface area (Å²) >= 11 is 11.0. The van der Waals surface area contributed by atoms with Crippen molar-refractivity contribution < 1.29 is 0 Å². The standard InChI is InChI=1S/C14H12ClN5S/c1-16-14(21)17-10-4-7-12-13(8-10)19-20(18-12)11-5-2-9(15)3-6-11/h2-8H,1H3,(H2,16,17,21). The summed E-state index contributed by atoms with van der Waals surface area (Å²) < 4.78 is 0. The van der Waals surface area contributed by atoms with E-state index in [0.717, 1.165) is 22.4 Å². The Hall–Kier alpha value is -2.18. The van der Waals surface area contributed by atoms with Gasteiger partial charge >= 0.3 is 0 Å². The highest BCUT2D eigenvalue weighted by atomic mass is 35.5. The summed E-state index contributed by atoms with van der Waals surface area (Å²) in [4.78, 5) is 1.58. The Morgan fingerprint density at radius 2 is 1.81 bits per heavy atom. The van der Waals surface area contributed by atoms with Crippen molar-refractivity contribution in [3.05, 3.63) is 47.5 Å². The molecule has 0 aliphatic carbocycles. The average molecular weight is 318 g/mol. The van der Waals surface area contributed by atoms with Gasteiger partial charge in [-0.15, -0.1) is 10.2 Å². The van der Waals surface area contributed by atoms with Crippen LogP contribution < -0.4 is 10.6 Å². The highest BCUT2D eigenvalue weighted by molar-refractivity contribution is 7.80. The van der Waals surface area contributed by atoms with Crippen LogP contribution in [0.2, 0.25) is 5.02 Å². The average Bonchev–Trinajstić information content (AvgIpc) is 2.91. The SMILES string of the molecule is CNC(=S)Nc1ccc2nn(-c3ccc(Cl)cc3)nc2c1. The minimum absolute atomic E-state index is 0.555. The van der Waals surface area contributed by atoms with Gasteiger partial charge in [0.25, 0.3) is 0 Å². The van der Waals surface area contributed by atoms with Gasteiger partial charge in [-0.05, 0) is 54.7 Å². The van der Waals surface area contributed by atoms with E-state index < -0.39 is 0 Å². The number of thiocarbonyl (C=S) groups is 1. The number of nitrogens with one attached hydrogen (secondary N) is 2. The van der Waals surface area contributed by atoms with Crippen LogP contribution >= 0.6 is 23.8 Å². The summed E-state index contributed by atoms with van der Waals surface area (Å²) in [5, 5.41) is 16.1. The number of rotatable bonds is 2. The number of halogens is 1. The molecule has 2 aromatic carbocycles. The van der Waals surface area contributed by atoms with Crippen LogP contribution in [-0.4, -0.2) is 27.2 Å². The maximum atomic E-state index is 5.88. The second-order valence-corrected chi connectivity index (χ2v) is 5.22. The Morgan fingerprint density at radius 3 is 2.52 bits per heavy atom. The first kappa shape index (κ1) is 13.8. The lowest BCUT2D eigenvalue weighted by atomic mass is 10.3. The van der Waals surface area contributed by atoms with Crippen LogP contribution in [0.25, 0.3) is 16.7 Å². The lowest BCUT2D eigenvalue weighted by molar-refractivity contribution is 0.766. The maximum absolute atomic E-state index is 5.88. The quantitative estimate of drug-likeness (QED) is 0.712. The molecular weight excluding hydrogens is 306 g/mol. The van der Waals surface area contributed by atoms with Crippen molar-refractivity contribution in [3.8, 4) is 5.69 Å². The van der Waals surface area contributed by atoms with E-state index in [4.69, 9.17) is 23.8 Å². The van der Waals surface area contributed by atoms with E-state index in [9.17, 15) is 0 Å². The van der Waals surface area contributed by atoms with E-state index in [1.807, 2.05) is 42.5 Å². The Bertz CT molecular complexity index is 797. The van der Waals surface area contributed by atoms with Gasteiger partial charge < -0.3 is 10.6 Å². The topological polar surface area (TPSA) is 54.8 Å². The molecule has 0 saturated carbocycles. The molecule has 3 rings (SSSR count). The first-order valence-electron chi connectivity index (χ1n) is 6.27. The molecule has 1 heterocycles. The van der Waals surface area contributed by atoms with Crippen molar-refractivity contribution in [2.45, 2.75) is 0 Å². The number of anilines is 1. The summed E-state index contributed by atoms with van der Waals surface area (Å²) in [6.07, 6.45) is 0. The fourth-order valence-electron chi connectivity index (χ4n) is 1.88. The molecule has 5 nitrogen and oxygen atoms in total. The Labute approximate surface area is 131 Å². The smallest absolute Gasteiger partial charge is 0.170 e. The van der Waals surface area contributed by atoms with E-state index in [0.29, 0.717) is 10.1 Å². The van der Waals surface area contributed by atoms with Gasteiger partial charge in [-0.3, -0.25) is 0 Å². The van der Waals surface area contributed by atoms with Gasteiger partial charge in [-0.1, -0.05) is 11.6 Å². The first-order valence-corrected chi connectivity index (χ1v) is 7.06. The van der Waals surface area contributed by atoms with E-state index in [-0.39, 0.29) is 0 Å². The van der Waals surface area contributed by atoms with Gasteiger partial charge in [0.15, 0.2) is 5.11 Å². The Kier molecular flexibility index (Phi) is 3.72. The third-order valence-electron chi connectivity index (χ3n) is 2.92. The van der Waals surface area contributed by atoms with Crippen molar-refractivity contribution in [2.75, 3.05) is 12.4 Å². The molecule has 1 aromatic heterocycles. The molecule has 0 spiro atoms. The number of nitrogens with zero attached hydrogens (tertiary/aromatic N) is 3. The molecule has 2 N–H and O–H groups in total. The summed E-state index contributed by atoms with van der Waals surface area (Å²) in [6, 6.07) is 13.1. The normalized spacial score (nSPS) is 10.6. The lowest BCUT2D eigenvalue weighted by Crippen LogP contribution is -2.23. The van der Waals surface area contributed by atoms with Crippen LogP contribution in [0.3, 0.4) is 0 Å². The van der Waals surface area contributed by atoms with Crippen molar-refractivity contribution in [1.29, 1.82) is 0 Å². The minimum Gasteiger partial charge on any atom is -0.366 e. The zero-order chi connectivity index (χ0) is 14.8. The van der Waals surface area contributed by atoms with Gasteiger partial charge in [0.2, 0.25) is 0 Å². The molecule has 0 fully saturated rings. The third-order valence-corrected chi connectivity index (χ3v) is 3.48. The molecule has 0 aliphatic rings. The summed E-state index contributed by atoms with van der Waals surface area (Å²) in [5.74, 6) is 0. The van der Waals surface area contributed by atoms with Crippen LogP contribution in [0.5, 0.6) is 0 Å². The molecule has 3 aromatic rings. The van der Waals surface area contributed by atoms with E-state index >= 15 is 0 Å². The molecule has 21 heavy (non-hydrogen) atoms. The number of fused-ring (bicyclic) bond motifs is 1. The zero-order valence-corrected chi connectivity index (χ0v) is 12.7. The van der Waals surface area contributed by atoms with Gasteiger partial charge in [0, 0.05) is 17.8 Å². The Balaban J connectivity index is 1.96. The van der Waals surface area contributed by atoms with Gasteiger partial charge in [0.1, 0.15) is 11.0 Å². The molecule has 0 amide bonds. The van der Waals surface area contributed by atoms with Crippen molar-refractivity contribution >= 4 is 45.7 Å². The number of aromatic nitrogens is 3. The van der Waals surface area contributed by atoms with E-state index in [1.165, 1.54) is 0 Å². The molecule has 106 valence electrons. The molecular formula is C14H12ClN5S. The fraction of sp³-hybridized carbons (Fsp3) is 0.0714. The Morgan fingerprint density at radius 1 is 1.10 bits per heavy atom. The van der Waals surface area contributed by atoms with Gasteiger partial charge in [0.05, 0.1) is 5.69 Å². The largest absolute Gasteiger partial charge is 0.366 e. The molecule has 0 bridgehead atoms. The van der Waals surface area contributed by atoms with Gasteiger partial charge in [-0.2, -0.15) is 4.80 Å². The second kappa shape index (κ2) is 5.67. The first-order chi connectivity index (χ1) is 10.2. The summed E-state index contributed by atoms with van der Waals surface area (Å²) in [5.41, 5.74) is 3.32. The monoisotopic (exact) mass is 317 g/mol. The third kappa shape index (κ3) is 2.96. The predicted octanol–water partition coefficient (Wildman–Crippen LogP) is 2.99. The van der Waals surface area contributed by atoms with Gasteiger partial charge in [-0.25, -0.2) is 0 Å². The van der Waals surface area contributed by atoms with Crippen molar-refractivity contribution in [2.24, 2.45) is 0 Å². The minimum atomic E-state index is 0.555. The summed E-state index contributed by atoms with van der Waals surface area (Å²) in [7, 11) is 1.77.